The Morgan fingerprint density at radius 3 is 2.92 bits per heavy atom. The summed E-state index contributed by atoms with van der Waals surface area (Å²) in [6.07, 6.45) is 5.30. The molecule has 1 aliphatic rings. The van der Waals surface area contributed by atoms with E-state index in [0.29, 0.717) is 5.73 Å². The van der Waals surface area contributed by atoms with Crippen LogP contribution in [0.25, 0.3) is 0 Å². The van der Waals surface area contributed by atoms with Crippen molar-refractivity contribution in [1.82, 2.24) is 0 Å². The predicted octanol–water partition coefficient (Wildman–Crippen LogP) is 2.27. The van der Waals surface area contributed by atoms with Gasteiger partial charge in [0.2, 0.25) is 0 Å². The van der Waals surface area contributed by atoms with Gasteiger partial charge in [-0.3, -0.25) is 0 Å². The van der Waals surface area contributed by atoms with E-state index in [1.165, 1.54) is 31.7 Å². The van der Waals surface area contributed by atoms with Crippen molar-refractivity contribution in [2.75, 3.05) is 12.4 Å². The van der Waals surface area contributed by atoms with E-state index in [4.69, 9.17) is 4.74 Å². The molecule has 0 saturated carbocycles. The Bertz CT molecular complexity index is 115. The zero-order chi connectivity index (χ0) is 8.81. The van der Waals surface area contributed by atoms with Crippen LogP contribution in [0, 0.1) is 0 Å². The van der Waals surface area contributed by atoms with Crippen LogP contribution in [0.4, 0.5) is 0 Å². The maximum atomic E-state index is 5.77. The molecule has 1 heterocycles. The maximum absolute atomic E-state index is 5.77. The lowest BCUT2D eigenvalue weighted by molar-refractivity contribution is 0.0626. The van der Waals surface area contributed by atoms with Gasteiger partial charge in [-0.25, -0.2) is 0 Å². The lowest BCUT2D eigenvalue weighted by atomic mass is 10.2. The van der Waals surface area contributed by atoms with Crippen molar-refractivity contribution in [3.05, 3.63) is 0 Å². The zero-order valence-electron chi connectivity index (χ0n) is 7.96. The van der Waals surface area contributed by atoms with E-state index >= 15 is 0 Å². The van der Waals surface area contributed by atoms with E-state index in [0.717, 1.165) is 12.4 Å². The van der Waals surface area contributed by atoms with Crippen molar-refractivity contribution in [2.24, 2.45) is 0 Å². The van der Waals surface area contributed by atoms with Gasteiger partial charge in [-0.2, -0.15) is 12.6 Å². The Morgan fingerprint density at radius 1 is 1.50 bits per heavy atom. The molecule has 0 aromatic rings. The summed E-state index contributed by atoms with van der Waals surface area (Å²) in [5.41, 5.74) is 0.679. The Labute approximate surface area is 82.9 Å². The van der Waals surface area contributed by atoms with Crippen LogP contribution in [-0.2, 0) is 4.74 Å². The van der Waals surface area contributed by atoms with Gasteiger partial charge in [0, 0.05) is 12.3 Å². The fraction of sp³-hybridized carbons (Fsp3) is 1.00. The topological polar surface area (TPSA) is 9.23 Å². The third-order valence-electron chi connectivity index (χ3n) is 2.67. The molecule has 0 aromatic carbocycles. The number of hydrogen-bond donors (Lipinski definition) is 1. The van der Waals surface area contributed by atoms with E-state index in [1.54, 1.807) is 0 Å². The first-order valence-corrected chi connectivity index (χ1v) is 8.34. The fourth-order valence-corrected chi connectivity index (χ4v) is 4.83. The molecule has 2 atom stereocenters. The molecule has 2 unspecified atom stereocenters. The zero-order valence-corrected chi connectivity index (χ0v) is 10.0. The molecule has 3 heteroatoms. The van der Waals surface area contributed by atoms with Crippen molar-refractivity contribution in [3.63, 3.8) is 0 Å². The van der Waals surface area contributed by atoms with Gasteiger partial charge in [-0.1, -0.05) is 12.6 Å². The SMILES string of the molecule is C[SiH](CCCS)C1CCCCO1. The number of thiol groups is 1. The van der Waals surface area contributed by atoms with E-state index in [9.17, 15) is 0 Å². The van der Waals surface area contributed by atoms with Crippen LogP contribution < -0.4 is 0 Å². The number of ether oxygens (including phenoxy) is 1. The third-order valence-corrected chi connectivity index (χ3v) is 6.10. The Morgan fingerprint density at radius 2 is 2.33 bits per heavy atom. The van der Waals surface area contributed by atoms with Crippen LogP contribution in [0.3, 0.4) is 0 Å². The van der Waals surface area contributed by atoms with Crippen molar-refractivity contribution in [3.8, 4) is 0 Å². The summed E-state index contributed by atoms with van der Waals surface area (Å²) >= 11 is 4.24. The minimum Gasteiger partial charge on any atom is -0.382 e. The Kier molecular flexibility index (Phi) is 5.35. The molecule has 12 heavy (non-hydrogen) atoms. The lowest BCUT2D eigenvalue weighted by Gasteiger charge is -2.27. The molecule has 1 fully saturated rings. The largest absolute Gasteiger partial charge is 0.382 e. The highest BCUT2D eigenvalue weighted by Gasteiger charge is 2.20. The molecule has 1 saturated heterocycles. The van der Waals surface area contributed by atoms with Gasteiger partial charge in [0.25, 0.3) is 0 Å². The van der Waals surface area contributed by atoms with Crippen LogP contribution >= 0.6 is 12.6 Å². The summed E-state index contributed by atoms with van der Waals surface area (Å²) < 4.78 is 5.77. The summed E-state index contributed by atoms with van der Waals surface area (Å²) in [5.74, 6) is 1.05. The van der Waals surface area contributed by atoms with Gasteiger partial charge in [-0.05, 0) is 31.4 Å². The van der Waals surface area contributed by atoms with Gasteiger partial charge < -0.3 is 4.74 Å². The molecule has 0 amide bonds. The Hall–Kier alpha value is 0.527. The minimum absolute atomic E-state index is 0.572. The van der Waals surface area contributed by atoms with E-state index in [1.807, 2.05) is 0 Å². The quantitative estimate of drug-likeness (QED) is 0.546. The summed E-state index contributed by atoms with van der Waals surface area (Å²) in [6, 6.07) is 1.41. The molecular formula is C9H20OSSi. The highest BCUT2D eigenvalue weighted by atomic mass is 32.1. The van der Waals surface area contributed by atoms with Crippen LogP contribution in [0.1, 0.15) is 25.7 Å². The van der Waals surface area contributed by atoms with Crippen LogP contribution in [0.15, 0.2) is 0 Å². The monoisotopic (exact) mass is 204 g/mol. The highest BCUT2D eigenvalue weighted by Crippen LogP contribution is 2.18. The smallest absolute Gasteiger partial charge is 0.0686 e. The number of hydrogen-bond acceptors (Lipinski definition) is 2. The standard InChI is InChI=1S/C9H20OSSi/c1-12(8-4-7-11)9-5-2-3-6-10-9/h9,11-12H,2-8H2,1H3. The van der Waals surface area contributed by atoms with Crippen molar-refractivity contribution in [1.29, 1.82) is 0 Å². The summed E-state index contributed by atoms with van der Waals surface area (Å²) in [6.45, 7) is 3.46. The maximum Gasteiger partial charge on any atom is 0.0686 e. The van der Waals surface area contributed by atoms with Crippen LogP contribution in [-0.4, -0.2) is 26.9 Å². The molecule has 0 aromatic heterocycles. The first kappa shape index (κ1) is 10.6. The molecule has 72 valence electrons. The molecule has 0 spiro atoms. The van der Waals surface area contributed by atoms with Gasteiger partial charge in [0.15, 0.2) is 0 Å². The number of rotatable bonds is 4. The normalized spacial score (nSPS) is 27.0. The Balaban J connectivity index is 2.15. The second-order valence-electron chi connectivity index (χ2n) is 3.75. The van der Waals surface area contributed by atoms with Crippen molar-refractivity contribution in [2.45, 2.75) is 44.0 Å². The van der Waals surface area contributed by atoms with Crippen molar-refractivity contribution >= 4 is 21.4 Å². The molecule has 1 aliphatic heterocycles. The summed E-state index contributed by atoms with van der Waals surface area (Å²) in [7, 11) is -0.572. The summed E-state index contributed by atoms with van der Waals surface area (Å²) in [4.78, 5) is 0. The van der Waals surface area contributed by atoms with Gasteiger partial charge in [-0.15, -0.1) is 0 Å². The molecule has 1 nitrogen and oxygen atoms in total. The third kappa shape index (κ3) is 3.50. The summed E-state index contributed by atoms with van der Waals surface area (Å²) in [5, 5.41) is 0. The molecular weight excluding hydrogens is 184 g/mol. The van der Waals surface area contributed by atoms with Crippen LogP contribution in [0.2, 0.25) is 12.6 Å². The second kappa shape index (κ2) is 6.05. The van der Waals surface area contributed by atoms with E-state index in [2.05, 4.69) is 19.2 Å². The predicted molar refractivity (Wildman–Crippen MR) is 59.9 cm³/mol. The van der Waals surface area contributed by atoms with E-state index in [-0.39, 0.29) is 0 Å². The average Bonchev–Trinajstić information content (AvgIpc) is 2.15. The molecule has 0 N–H and O–H groups in total. The van der Waals surface area contributed by atoms with Crippen molar-refractivity contribution < 1.29 is 4.74 Å². The molecule has 0 radical (unpaired) electrons. The van der Waals surface area contributed by atoms with Crippen LogP contribution in [0.5, 0.6) is 0 Å². The fourth-order valence-electron chi connectivity index (χ4n) is 1.81. The average molecular weight is 204 g/mol. The van der Waals surface area contributed by atoms with Gasteiger partial charge in [0.1, 0.15) is 0 Å². The van der Waals surface area contributed by atoms with Gasteiger partial charge >= 0.3 is 0 Å². The van der Waals surface area contributed by atoms with E-state index < -0.39 is 8.80 Å². The molecule has 1 rings (SSSR count). The molecule has 0 aliphatic carbocycles. The molecule has 0 bridgehead atoms. The highest BCUT2D eigenvalue weighted by molar-refractivity contribution is 7.80. The first-order chi connectivity index (χ1) is 5.84. The second-order valence-corrected chi connectivity index (χ2v) is 7.47. The minimum atomic E-state index is -0.572. The lowest BCUT2D eigenvalue weighted by Crippen LogP contribution is -2.33. The first-order valence-electron chi connectivity index (χ1n) is 5.07. The van der Waals surface area contributed by atoms with Gasteiger partial charge in [0.05, 0.1) is 8.80 Å².